The summed E-state index contributed by atoms with van der Waals surface area (Å²) in [7, 11) is 0. The third kappa shape index (κ3) is 4.28. The summed E-state index contributed by atoms with van der Waals surface area (Å²) >= 11 is 3.54. The number of hydrogen-bond acceptors (Lipinski definition) is 7. The van der Waals surface area contributed by atoms with Crippen molar-refractivity contribution in [2.24, 2.45) is 0 Å². The fourth-order valence-corrected chi connectivity index (χ4v) is 8.71. The van der Waals surface area contributed by atoms with Gasteiger partial charge >= 0.3 is 0 Å². The van der Waals surface area contributed by atoms with Crippen molar-refractivity contribution in [3.8, 4) is 45.6 Å². The molecule has 4 heterocycles. The molecule has 7 heteroatoms. The highest BCUT2D eigenvalue weighted by atomic mass is 32.1. The average molecular weight is 639 g/mol. The second-order valence-corrected chi connectivity index (χ2v) is 13.6. The first-order valence-corrected chi connectivity index (χ1v) is 16.9. The lowest BCUT2D eigenvalue weighted by molar-refractivity contribution is 0.620. The first-order valence-electron chi connectivity index (χ1n) is 15.3. The second kappa shape index (κ2) is 10.4. The van der Waals surface area contributed by atoms with E-state index in [2.05, 4.69) is 84.9 Å². The van der Waals surface area contributed by atoms with Gasteiger partial charge < -0.3 is 4.42 Å². The third-order valence-electron chi connectivity index (χ3n) is 8.58. The van der Waals surface area contributed by atoms with Gasteiger partial charge in [-0.2, -0.15) is 0 Å². The molecular weight excluding hydrogens is 617 g/mol. The van der Waals surface area contributed by atoms with E-state index in [1.807, 2.05) is 48.5 Å². The molecule has 0 amide bonds. The molecule has 6 aromatic carbocycles. The Kier molecular flexibility index (Phi) is 5.85. The van der Waals surface area contributed by atoms with E-state index < -0.39 is 0 Å². The molecule has 0 aliphatic carbocycles. The zero-order valence-corrected chi connectivity index (χ0v) is 26.3. The minimum absolute atomic E-state index is 0.618. The van der Waals surface area contributed by atoms with Crippen LogP contribution in [-0.4, -0.2) is 19.9 Å². The molecule has 10 rings (SSSR count). The van der Waals surface area contributed by atoms with Crippen molar-refractivity contribution in [2.45, 2.75) is 0 Å². The molecule has 220 valence electrons. The van der Waals surface area contributed by atoms with Crippen LogP contribution in [0.4, 0.5) is 0 Å². The predicted molar refractivity (Wildman–Crippen MR) is 195 cm³/mol. The summed E-state index contributed by atoms with van der Waals surface area (Å²) in [4.78, 5) is 20.3. The van der Waals surface area contributed by atoms with Gasteiger partial charge in [-0.05, 0) is 42.5 Å². The predicted octanol–water partition coefficient (Wildman–Crippen LogP) is 11.4. The summed E-state index contributed by atoms with van der Waals surface area (Å²) in [5.41, 5.74) is 5.45. The number of nitrogens with zero attached hydrogens (tertiary/aromatic N) is 4. The highest BCUT2D eigenvalue weighted by molar-refractivity contribution is 7.26. The van der Waals surface area contributed by atoms with Gasteiger partial charge in [-0.3, -0.25) is 0 Å². The maximum atomic E-state index is 6.30. The molecule has 10 aromatic rings. The number of fused-ring (bicyclic) bond motifs is 7. The molecule has 0 aliphatic rings. The molecule has 0 spiro atoms. The van der Waals surface area contributed by atoms with Crippen LogP contribution in [0.2, 0.25) is 0 Å². The topological polar surface area (TPSA) is 64.7 Å². The largest absolute Gasteiger partial charge is 0.436 e. The number of benzene rings is 6. The van der Waals surface area contributed by atoms with Crippen molar-refractivity contribution in [1.82, 2.24) is 19.9 Å². The van der Waals surface area contributed by atoms with Gasteiger partial charge in [-0.15, -0.1) is 22.7 Å². The average Bonchev–Trinajstić information content (AvgIpc) is 3.84. The molecule has 0 saturated heterocycles. The molecule has 4 aromatic heterocycles. The van der Waals surface area contributed by atoms with Crippen LogP contribution in [0.25, 0.3) is 97.1 Å². The van der Waals surface area contributed by atoms with E-state index in [1.165, 1.54) is 20.2 Å². The molecule has 0 atom stereocenters. The first-order chi connectivity index (χ1) is 23.3. The monoisotopic (exact) mass is 638 g/mol. The van der Waals surface area contributed by atoms with Crippen LogP contribution in [0.5, 0.6) is 0 Å². The van der Waals surface area contributed by atoms with Gasteiger partial charge in [-0.1, -0.05) is 91.0 Å². The van der Waals surface area contributed by atoms with E-state index in [9.17, 15) is 0 Å². The van der Waals surface area contributed by atoms with E-state index in [1.54, 1.807) is 22.7 Å². The van der Waals surface area contributed by atoms with E-state index in [4.69, 9.17) is 24.4 Å². The molecule has 5 nitrogen and oxygen atoms in total. The summed E-state index contributed by atoms with van der Waals surface area (Å²) in [6.45, 7) is 0. The summed E-state index contributed by atoms with van der Waals surface area (Å²) in [6, 6.07) is 45.7. The molecule has 0 fully saturated rings. The Labute approximate surface area is 276 Å². The van der Waals surface area contributed by atoms with Crippen molar-refractivity contribution < 1.29 is 4.42 Å². The summed E-state index contributed by atoms with van der Waals surface area (Å²) in [6.07, 6.45) is 0. The van der Waals surface area contributed by atoms with E-state index in [0.29, 0.717) is 23.4 Å². The second-order valence-electron chi connectivity index (χ2n) is 11.4. The minimum atomic E-state index is 0.618. The fraction of sp³-hybridized carbons (Fsp3) is 0. The zero-order valence-electron chi connectivity index (χ0n) is 24.7. The van der Waals surface area contributed by atoms with Gasteiger partial charge in [0.05, 0.1) is 0 Å². The van der Waals surface area contributed by atoms with Gasteiger partial charge in [0.2, 0.25) is 5.89 Å². The Morgan fingerprint density at radius 2 is 1.00 bits per heavy atom. The molecular formula is C40H22N4OS2. The van der Waals surface area contributed by atoms with Crippen molar-refractivity contribution in [1.29, 1.82) is 0 Å². The number of oxazole rings is 1. The van der Waals surface area contributed by atoms with Crippen LogP contribution in [0.15, 0.2) is 138 Å². The normalized spacial score (nSPS) is 11.8. The highest BCUT2D eigenvalue weighted by Gasteiger charge is 2.20. The molecule has 0 bridgehead atoms. The Hall–Kier alpha value is -5.76. The molecule has 47 heavy (non-hydrogen) atoms. The van der Waals surface area contributed by atoms with Crippen molar-refractivity contribution in [3.05, 3.63) is 133 Å². The van der Waals surface area contributed by atoms with Crippen molar-refractivity contribution in [2.75, 3.05) is 0 Å². The maximum Gasteiger partial charge on any atom is 0.227 e. The third-order valence-corrected chi connectivity index (χ3v) is 10.8. The van der Waals surface area contributed by atoms with E-state index >= 15 is 0 Å². The Balaban J connectivity index is 1.23. The lowest BCUT2D eigenvalue weighted by Crippen LogP contribution is -2.00. The van der Waals surface area contributed by atoms with Gasteiger partial charge in [0.25, 0.3) is 0 Å². The van der Waals surface area contributed by atoms with Crippen LogP contribution >= 0.6 is 22.7 Å². The van der Waals surface area contributed by atoms with Crippen LogP contribution in [0.3, 0.4) is 0 Å². The SMILES string of the molecule is c1ccc(-c2nc(-c3cccc4sc5ccccc5c34)nc(-c3cccc4sc5cc6nc(-c7ccccc7)oc6cc5c34)n2)cc1. The Bertz CT molecular complexity index is 2800. The number of hydrogen-bond donors (Lipinski definition) is 0. The van der Waals surface area contributed by atoms with Crippen molar-refractivity contribution >= 4 is 74.1 Å². The summed E-state index contributed by atoms with van der Waals surface area (Å²) < 4.78 is 11.1. The molecule has 0 aliphatic heterocycles. The summed E-state index contributed by atoms with van der Waals surface area (Å²) in [5, 5.41) is 4.58. The molecule has 0 radical (unpaired) electrons. The van der Waals surface area contributed by atoms with Crippen LogP contribution in [0.1, 0.15) is 0 Å². The number of thiophene rings is 2. The number of aromatic nitrogens is 4. The van der Waals surface area contributed by atoms with Gasteiger partial charge in [0.15, 0.2) is 23.1 Å². The number of rotatable bonds is 4. The Morgan fingerprint density at radius 3 is 1.72 bits per heavy atom. The fourth-order valence-electron chi connectivity index (χ4n) is 6.43. The van der Waals surface area contributed by atoms with Crippen LogP contribution in [0, 0.1) is 0 Å². The maximum absolute atomic E-state index is 6.30. The van der Waals surface area contributed by atoms with E-state index in [0.717, 1.165) is 53.5 Å². The van der Waals surface area contributed by atoms with Crippen molar-refractivity contribution in [3.63, 3.8) is 0 Å². The molecule has 0 N–H and O–H groups in total. The quantitative estimate of drug-likeness (QED) is 0.192. The van der Waals surface area contributed by atoms with Crippen LogP contribution < -0.4 is 0 Å². The zero-order chi connectivity index (χ0) is 30.9. The lowest BCUT2D eigenvalue weighted by atomic mass is 10.0. The Morgan fingerprint density at radius 1 is 0.426 bits per heavy atom. The van der Waals surface area contributed by atoms with E-state index in [-0.39, 0.29) is 0 Å². The minimum Gasteiger partial charge on any atom is -0.436 e. The molecule has 0 saturated carbocycles. The lowest BCUT2D eigenvalue weighted by Gasteiger charge is -2.10. The smallest absolute Gasteiger partial charge is 0.227 e. The summed E-state index contributed by atoms with van der Waals surface area (Å²) in [5.74, 6) is 2.55. The highest BCUT2D eigenvalue weighted by Crippen LogP contribution is 2.43. The van der Waals surface area contributed by atoms with Gasteiger partial charge in [0, 0.05) is 62.6 Å². The van der Waals surface area contributed by atoms with Gasteiger partial charge in [0.1, 0.15) is 5.52 Å². The first kappa shape index (κ1) is 26.5. The van der Waals surface area contributed by atoms with Crippen LogP contribution in [-0.2, 0) is 0 Å². The molecule has 0 unspecified atom stereocenters. The van der Waals surface area contributed by atoms with Gasteiger partial charge in [-0.25, -0.2) is 19.9 Å². The standard InChI is InChI=1S/C40H22N4OS2/c1-3-11-23(12-4-1)37-42-38(26-16-9-19-32-35(26)25-15-7-8-18-31(25)46-32)44-39(43-37)27-17-10-20-33-36(27)28-21-30-29(22-34(28)47-33)41-40(45-30)24-13-5-2-6-14-24/h1-22H.